The van der Waals surface area contributed by atoms with E-state index >= 15 is 0 Å². The number of carbonyl (C=O) groups is 1. The van der Waals surface area contributed by atoms with E-state index < -0.39 is 5.91 Å². The lowest BCUT2D eigenvalue weighted by Crippen LogP contribution is -2.14. The fourth-order valence-corrected chi connectivity index (χ4v) is 2.79. The molecular formula is C15H11BrN2O2S. The number of hydrogen-bond acceptors (Lipinski definition) is 4. The van der Waals surface area contributed by atoms with Gasteiger partial charge in [0.15, 0.2) is 0 Å². The number of amides is 1. The van der Waals surface area contributed by atoms with Gasteiger partial charge in [-0.1, -0.05) is 12.1 Å². The zero-order valence-electron chi connectivity index (χ0n) is 11.1. The molecule has 0 bridgehead atoms. The van der Waals surface area contributed by atoms with E-state index in [2.05, 4.69) is 21.2 Å². The van der Waals surface area contributed by atoms with E-state index in [9.17, 15) is 4.79 Å². The fraction of sp³-hybridized carbons (Fsp3) is 0.0667. The highest BCUT2D eigenvalue weighted by Gasteiger charge is 2.12. The summed E-state index contributed by atoms with van der Waals surface area (Å²) in [6, 6.07) is 10.8. The number of hydrogen-bond donors (Lipinski definition) is 1. The number of thiophene rings is 1. The smallest absolute Gasteiger partial charge is 0.266 e. The van der Waals surface area contributed by atoms with Crippen LogP contribution in [0.3, 0.4) is 0 Å². The van der Waals surface area contributed by atoms with Gasteiger partial charge in [0.1, 0.15) is 17.4 Å². The molecule has 0 aliphatic rings. The zero-order chi connectivity index (χ0) is 15.2. The molecule has 0 saturated heterocycles. The molecular weight excluding hydrogens is 352 g/mol. The van der Waals surface area contributed by atoms with Crippen molar-refractivity contribution < 1.29 is 9.53 Å². The number of carbonyl (C=O) groups excluding carboxylic acids is 1. The number of anilines is 1. The molecule has 0 spiro atoms. The summed E-state index contributed by atoms with van der Waals surface area (Å²) in [4.78, 5) is 12.2. The van der Waals surface area contributed by atoms with Crippen LogP contribution in [0.1, 0.15) is 5.56 Å². The van der Waals surface area contributed by atoms with Crippen molar-refractivity contribution in [1.82, 2.24) is 0 Å². The number of benzene rings is 1. The fourth-order valence-electron chi connectivity index (χ4n) is 1.65. The van der Waals surface area contributed by atoms with Gasteiger partial charge in [0.05, 0.1) is 16.6 Å². The van der Waals surface area contributed by atoms with Crippen LogP contribution in [-0.4, -0.2) is 13.0 Å². The molecule has 0 fully saturated rings. The van der Waals surface area contributed by atoms with Crippen molar-refractivity contribution in [3.63, 3.8) is 0 Å². The van der Waals surface area contributed by atoms with Gasteiger partial charge in [-0.3, -0.25) is 4.79 Å². The van der Waals surface area contributed by atoms with Crippen LogP contribution in [0.5, 0.6) is 5.75 Å². The SMILES string of the molecule is COc1ccccc1NC(=O)/C(C#N)=C/c1csc(Br)c1. The first-order valence-corrected chi connectivity index (χ1v) is 7.61. The lowest BCUT2D eigenvalue weighted by molar-refractivity contribution is -0.112. The van der Waals surface area contributed by atoms with Crippen LogP contribution in [0.2, 0.25) is 0 Å². The molecule has 1 aromatic carbocycles. The molecule has 4 nitrogen and oxygen atoms in total. The minimum absolute atomic E-state index is 0.0335. The predicted octanol–water partition coefficient (Wildman–Crippen LogP) is 4.06. The van der Waals surface area contributed by atoms with E-state index in [0.29, 0.717) is 11.4 Å². The Morgan fingerprint density at radius 3 is 2.86 bits per heavy atom. The van der Waals surface area contributed by atoms with E-state index in [0.717, 1.165) is 9.35 Å². The average Bonchev–Trinajstić information content (AvgIpc) is 2.90. The third-order valence-electron chi connectivity index (χ3n) is 2.62. The molecule has 0 radical (unpaired) electrons. The number of halogens is 1. The standard InChI is InChI=1S/C15H11BrN2O2S/c1-20-13-5-3-2-4-12(13)18-15(19)11(8-17)6-10-7-14(16)21-9-10/h2-7,9H,1H3,(H,18,19)/b11-6+. The Hall–Kier alpha value is -2.10. The second kappa shape index (κ2) is 7.07. The lowest BCUT2D eigenvalue weighted by Gasteiger charge is -2.08. The Bertz CT molecular complexity index is 731. The summed E-state index contributed by atoms with van der Waals surface area (Å²) in [6.07, 6.45) is 1.55. The van der Waals surface area contributed by atoms with Crippen LogP contribution in [0.4, 0.5) is 5.69 Å². The molecule has 2 aromatic rings. The first kappa shape index (κ1) is 15.3. The van der Waals surface area contributed by atoms with Gasteiger partial charge in [0, 0.05) is 0 Å². The molecule has 1 N–H and O–H groups in total. The Morgan fingerprint density at radius 1 is 1.48 bits per heavy atom. The number of nitrogens with zero attached hydrogens (tertiary/aromatic N) is 1. The van der Waals surface area contributed by atoms with Crippen LogP contribution >= 0.6 is 27.3 Å². The van der Waals surface area contributed by atoms with Gasteiger partial charge in [-0.2, -0.15) is 5.26 Å². The maximum atomic E-state index is 12.2. The molecule has 1 aromatic heterocycles. The summed E-state index contributed by atoms with van der Waals surface area (Å²) < 4.78 is 6.10. The van der Waals surface area contributed by atoms with Gasteiger partial charge in [-0.15, -0.1) is 11.3 Å². The van der Waals surface area contributed by atoms with Gasteiger partial charge in [-0.05, 0) is 51.1 Å². The van der Waals surface area contributed by atoms with Gasteiger partial charge in [0.2, 0.25) is 0 Å². The Balaban J connectivity index is 2.22. The molecule has 1 heterocycles. The Kier molecular flexibility index (Phi) is 5.14. The van der Waals surface area contributed by atoms with Gasteiger partial charge >= 0.3 is 0 Å². The molecule has 0 saturated carbocycles. The topological polar surface area (TPSA) is 62.1 Å². The van der Waals surface area contributed by atoms with Crippen molar-refractivity contribution in [2.24, 2.45) is 0 Å². The van der Waals surface area contributed by atoms with Crippen molar-refractivity contribution in [3.8, 4) is 11.8 Å². The van der Waals surface area contributed by atoms with Crippen LogP contribution < -0.4 is 10.1 Å². The highest BCUT2D eigenvalue weighted by atomic mass is 79.9. The molecule has 2 rings (SSSR count). The highest BCUT2D eigenvalue weighted by Crippen LogP contribution is 2.25. The summed E-state index contributed by atoms with van der Waals surface area (Å²) in [5.74, 6) is 0.0748. The minimum atomic E-state index is -0.468. The molecule has 106 valence electrons. The van der Waals surface area contributed by atoms with Crippen molar-refractivity contribution >= 4 is 44.9 Å². The third kappa shape index (κ3) is 3.94. The summed E-state index contributed by atoms with van der Waals surface area (Å²) in [7, 11) is 1.52. The molecule has 0 aliphatic heterocycles. The van der Waals surface area contributed by atoms with Crippen LogP contribution in [0, 0.1) is 11.3 Å². The van der Waals surface area contributed by atoms with Crippen molar-refractivity contribution in [2.75, 3.05) is 12.4 Å². The Labute approximate surface area is 134 Å². The predicted molar refractivity (Wildman–Crippen MR) is 87.2 cm³/mol. The summed E-state index contributed by atoms with van der Waals surface area (Å²) in [5.41, 5.74) is 1.36. The molecule has 0 unspecified atom stereocenters. The maximum Gasteiger partial charge on any atom is 0.266 e. The normalized spacial score (nSPS) is 10.8. The van der Waals surface area contributed by atoms with Gasteiger partial charge in [-0.25, -0.2) is 0 Å². The maximum absolute atomic E-state index is 12.2. The van der Waals surface area contributed by atoms with Crippen LogP contribution in [0.15, 0.2) is 45.1 Å². The number of ether oxygens (including phenoxy) is 1. The number of rotatable bonds is 4. The molecule has 1 amide bonds. The monoisotopic (exact) mass is 362 g/mol. The van der Waals surface area contributed by atoms with E-state index in [1.54, 1.807) is 30.3 Å². The number of nitrogens with one attached hydrogen (secondary N) is 1. The average molecular weight is 363 g/mol. The van der Waals surface area contributed by atoms with Crippen molar-refractivity contribution in [2.45, 2.75) is 0 Å². The number of para-hydroxylation sites is 2. The summed E-state index contributed by atoms with van der Waals surface area (Å²) >= 11 is 4.83. The largest absolute Gasteiger partial charge is 0.495 e. The summed E-state index contributed by atoms with van der Waals surface area (Å²) in [5, 5.41) is 13.7. The van der Waals surface area contributed by atoms with E-state index in [1.807, 2.05) is 17.5 Å². The second-order valence-electron chi connectivity index (χ2n) is 4.01. The van der Waals surface area contributed by atoms with Gasteiger partial charge < -0.3 is 10.1 Å². The van der Waals surface area contributed by atoms with Gasteiger partial charge in [0.25, 0.3) is 5.91 Å². The molecule has 21 heavy (non-hydrogen) atoms. The Morgan fingerprint density at radius 2 is 2.24 bits per heavy atom. The van der Waals surface area contributed by atoms with Crippen molar-refractivity contribution in [1.29, 1.82) is 5.26 Å². The van der Waals surface area contributed by atoms with Crippen LogP contribution in [-0.2, 0) is 4.79 Å². The first-order chi connectivity index (χ1) is 10.1. The highest BCUT2D eigenvalue weighted by molar-refractivity contribution is 9.11. The minimum Gasteiger partial charge on any atom is -0.495 e. The second-order valence-corrected chi connectivity index (χ2v) is 6.30. The van der Waals surface area contributed by atoms with E-state index in [1.165, 1.54) is 18.4 Å². The zero-order valence-corrected chi connectivity index (χ0v) is 13.5. The van der Waals surface area contributed by atoms with E-state index in [4.69, 9.17) is 10.00 Å². The molecule has 0 aliphatic carbocycles. The quantitative estimate of drug-likeness (QED) is 0.658. The van der Waals surface area contributed by atoms with E-state index in [-0.39, 0.29) is 5.57 Å². The number of methoxy groups -OCH3 is 1. The molecule has 0 atom stereocenters. The first-order valence-electron chi connectivity index (χ1n) is 5.94. The van der Waals surface area contributed by atoms with Crippen LogP contribution in [0.25, 0.3) is 6.08 Å². The third-order valence-corrected chi connectivity index (χ3v) is 4.14. The lowest BCUT2D eigenvalue weighted by atomic mass is 10.2. The number of nitriles is 1. The summed E-state index contributed by atoms with van der Waals surface area (Å²) in [6.45, 7) is 0. The molecule has 6 heteroatoms. The van der Waals surface area contributed by atoms with Crippen molar-refractivity contribution in [3.05, 3.63) is 50.6 Å².